The number of aromatic nitrogens is 2. The Labute approximate surface area is 198 Å². The van der Waals surface area contributed by atoms with Gasteiger partial charge in [-0.25, -0.2) is 13.2 Å². The predicted octanol–water partition coefficient (Wildman–Crippen LogP) is 2.76. The Balaban J connectivity index is 1.49. The molecule has 1 atom stereocenters. The smallest absolute Gasteiger partial charge is 0.340 e. The fourth-order valence-corrected chi connectivity index (χ4v) is 6.02. The maximum Gasteiger partial charge on any atom is 0.340 e. The van der Waals surface area contributed by atoms with Crippen LogP contribution >= 0.6 is 0 Å². The Morgan fingerprint density at radius 1 is 1.18 bits per heavy atom. The lowest BCUT2D eigenvalue weighted by Crippen LogP contribution is -2.42. The molecule has 1 fully saturated rings. The molecule has 0 unspecified atom stereocenters. The third-order valence-electron chi connectivity index (χ3n) is 5.99. The van der Waals surface area contributed by atoms with E-state index in [0.717, 1.165) is 11.3 Å². The van der Waals surface area contributed by atoms with Gasteiger partial charge in [-0.2, -0.15) is 0 Å². The number of sulfone groups is 1. The molecule has 10 heteroatoms. The van der Waals surface area contributed by atoms with E-state index in [0.29, 0.717) is 29.3 Å². The molecule has 0 saturated carbocycles. The van der Waals surface area contributed by atoms with Crippen LogP contribution in [-0.4, -0.2) is 59.1 Å². The molecule has 4 rings (SSSR count). The van der Waals surface area contributed by atoms with Crippen molar-refractivity contribution in [2.75, 3.05) is 18.1 Å². The summed E-state index contributed by atoms with van der Waals surface area (Å²) in [6.07, 6.45) is 0.368. The van der Waals surface area contributed by atoms with Gasteiger partial charge in [0.1, 0.15) is 5.76 Å². The summed E-state index contributed by atoms with van der Waals surface area (Å²) in [6, 6.07) is 12.3. The van der Waals surface area contributed by atoms with Gasteiger partial charge in [0.05, 0.1) is 17.1 Å². The number of carbonyl (C=O) groups excluding carboxylic acids is 2. The van der Waals surface area contributed by atoms with E-state index in [9.17, 15) is 18.0 Å². The van der Waals surface area contributed by atoms with Gasteiger partial charge in [-0.1, -0.05) is 35.5 Å². The van der Waals surface area contributed by atoms with Crippen molar-refractivity contribution in [3.8, 4) is 5.82 Å². The molecule has 34 heavy (non-hydrogen) atoms. The van der Waals surface area contributed by atoms with Crippen LogP contribution in [0.15, 0.2) is 47.0 Å². The second-order valence-corrected chi connectivity index (χ2v) is 10.8. The fraction of sp³-hybridized carbons (Fsp3) is 0.375. The molecule has 1 aromatic carbocycles. The first-order valence-electron chi connectivity index (χ1n) is 11.0. The number of nitrogens with zero attached hydrogens (tertiary/aromatic N) is 3. The molecule has 0 N–H and O–H groups in total. The molecule has 3 heterocycles. The van der Waals surface area contributed by atoms with Crippen molar-refractivity contribution in [2.45, 2.75) is 39.8 Å². The molecule has 180 valence electrons. The summed E-state index contributed by atoms with van der Waals surface area (Å²) in [5.41, 5.74) is 2.58. The Bertz CT molecular complexity index is 1310. The van der Waals surface area contributed by atoms with Gasteiger partial charge in [0, 0.05) is 30.0 Å². The van der Waals surface area contributed by atoms with Gasteiger partial charge in [-0.15, -0.1) is 0 Å². The number of hydrogen-bond donors (Lipinski definition) is 0. The van der Waals surface area contributed by atoms with Gasteiger partial charge in [-0.05, 0) is 38.8 Å². The second kappa shape index (κ2) is 9.46. The summed E-state index contributed by atoms with van der Waals surface area (Å²) in [5.74, 6) is 0.0945. The van der Waals surface area contributed by atoms with Crippen LogP contribution in [0.25, 0.3) is 5.82 Å². The minimum absolute atomic E-state index is 0.0452. The van der Waals surface area contributed by atoms with Gasteiger partial charge in [0.25, 0.3) is 5.91 Å². The summed E-state index contributed by atoms with van der Waals surface area (Å²) >= 11 is 0. The van der Waals surface area contributed by atoms with Crippen LogP contribution in [0.5, 0.6) is 0 Å². The van der Waals surface area contributed by atoms with E-state index in [2.05, 4.69) is 5.16 Å². The minimum atomic E-state index is -3.19. The molecule has 0 bridgehead atoms. The molecule has 0 aliphatic carbocycles. The number of carbonyl (C=O) groups is 2. The highest BCUT2D eigenvalue weighted by Gasteiger charge is 2.35. The standard InChI is InChI=1S/C24H27N3O6S/c1-16-11-21(18(3)27(16)22-12-17(2)33-25-22)24(29)32-14-23(28)26(13-19-7-5-4-6-8-19)20-9-10-34(30,31)15-20/h4-8,11-12,20H,9-10,13-15H2,1-3H3/t20-/m1/s1. The van der Waals surface area contributed by atoms with Crippen molar-refractivity contribution in [3.63, 3.8) is 0 Å². The molecular weight excluding hydrogens is 458 g/mol. The quantitative estimate of drug-likeness (QED) is 0.473. The van der Waals surface area contributed by atoms with E-state index in [1.807, 2.05) is 37.3 Å². The highest BCUT2D eigenvalue weighted by atomic mass is 32.2. The highest BCUT2D eigenvalue weighted by Crippen LogP contribution is 2.23. The summed E-state index contributed by atoms with van der Waals surface area (Å²) in [6.45, 7) is 5.15. The van der Waals surface area contributed by atoms with Crippen molar-refractivity contribution in [1.29, 1.82) is 0 Å². The summed E-state index contributed by atoms with van der Waals surface area (Å²) in [7, 11) is -3.19. The molecular formula is C24H27N3O6S. The third-order valence-corrected chi connectivity index (χ3v) is 7.74. The monoisotopic (exact) mass is 485 g/mol. The number of benzene rings is 1. The summed E-state index contributed by atoms with van der Waals surface area (Å²) < 4.78 is 36.3. The first-order chi connectivity index (χ1) is 16.1. The molecule has 1 aliphatic rings. The number of aryl methyl sites for hydroxylation is 2. The first-order valence-corrected chi connectivity index (χ1v) is 12.8. The summed E-state index contributed by atoms with van der Waals surface area (Å²) in [4.78, 5) is 27.4. The van der Waals surface area contributed by atoms with Crippen LogP contribution in [0.1, 0.15) is 39.5 Å². The van der Waals surface area contributed by atoms with Crippen molar-refractivity contribution in [2.24, 2.45) is 0 Å². The zero-order valence-electron chi connectivity index (χ0n) is 19.4. The molecule has 0 radical (unpaired) electrons. The van der Waals surface area contributed by atoms with E-state index in [1.165, 1.54) is 4.90 Å². The predicted molar refractivity (Wildman–Crippen MR) is 124 cm³/mol. The maximum absolute atomic E-state index is 13.1. The second-order valence-electron chi connectivity index (χ2n) is 8.56. The fourth-order valence-electron chi connectivity index (χ4n) is 4.29. The molecule has 3 aromatic rings. The lowest BCUT2D eigenvalue weighted by Gasteiger charge is -2.28. The summed E-state index contributed by atoms with van der Waals surface area (Å²) in [5, 5.41) is 4.00. The van der Waals surface area contributed by atoms with Crippen molar-refractivity contribution < 1.29 is 27.3 Å². The lowest BCUT2D eigenvalue weighted by molar-refractivity contribution is -0.137. The zero-order chi connectivity index (χ0) is 24.5. The minimum Gasteiger partial charge on any atom is -0.452 e. The Morgan fingerprint density at radius 2 is 1.91 bits per heavy atom. The van der Waals surface area contributed by atoms with E-state index in [1.54, 1.807) is 30.5 Å². The van der Waals surface area contributed by atoms with E-state index >= 15 is 0 Å². The number of hydrogen-bond acceptors (Lipinski definition) is 7. The topological polar surface area (TPSA) is 112 Å². The Morgan fingerprint density at radius 3 is 2.53 bits per heavy atom. The van der Waals surface area contributed by atoms with Crippen molar-refractivity contribution in [3.05, 3.63) is 70.7 Å². The Kier molecular flexibility index (Phi) is 6.60. The van der Waals surface area contributed by atoms with Crippen LogP contribution < -0.4 is 0 Å². The number of rotatable bonds is 7. The number of esters is 1. The van der Waals surface area contributed by atoms with Gasteiger partial charge < -0.3 is 14.2 Å². The van der Waals surface area contributed by atoms with Gasteiger partial charge >= 0.3 is 5.97 Å². The van der Waals surface area contributed by atoms with E-state index < -0.39 is 34.4 Å². The SMILES string of the molecule is Cc1cc(-n2c(C)cc(C(=O)OCC(=O)N(Cc3ccccc3)[C@@H]3CCS(=O)(=O)C3)c2C)no1. The van der Waals surface area contributed by atoms with Crippen molar-refractivity contribution >= 4 is 21.7 Å². The molecule has 1 aliphatic heterocycles. The van der Waals surface area contributed by atoms with Crippen LogP contribution in [0.2, 0.25) is 0 Å². The van der Waals surface area contributed by atoms with Crippen LogP contribution in [0.4, 0.5) is 0 Å². The van der Waals surface area contributed by atoms with Crippen LogP contribution in [-0.2, 0) is 25.9 Å². The molecule has 1 amide bonds. The van der Waals surface area contributed by atoms with Crippen LogP contribution in [0, 0.1) is 20.8 Å². The van der Waals surface area contributed by atoms with Gasteiger partial charge in [0.2, 0.25) is 0 Å². The normalized spacial score (nSPS) is 17.0. The number of ether oxygens (including phenoxy) is 1. The maximum atomic E-state index is 13.1. The lowest BCUT2D eigenvalue weighted by atomic mass is 10.1. The van der Waals surface area contributed by atoms with Gasteiger partial charge in [0.15, 0.2) is 22.3 Å². The average molecular weight is 486 g/mol. The van der Waals surface area contributed by atoms with Crippen molar-refractivity contribution in [1.82, 2.24) is 14.6 Å². The first kappa shape index (κ1) is 23.7. The largest absolute Gasteiger partial charge is 0.452 e. The van der Waals surface area contributed by atoms with E-state index in [-0.39, 0.29) is 18.1 Å². The van der Waals surface area contributed by atoms with Crippen LogP contribution in [0.3, 0.4) is 0 Å². The third kappa shape index (κ3) is 5.06. The Hall–Kier alpha value is -3.40. The zero-order valence-corrected chi connectivity index (χ0v) is 20.2. The average Bonchev–Trinajstić information content (AvgIpc) is 3.47. The highest BCUT2D eigenvalue weighted by molar-refractivity contribution is 7.91. The molecule has 1 saturated heterocycles. The molecule has 9 nitrogen and oxygen atoms in total. The number of amides is 1. The van der Waals surface area contributed by atoms with E-state index in [4.69, 9.17) is 9.26 Å². The molecule has 2 aromatic heterocycles. The molecule has 0 spiro atoms. The van der Waals surface area contributed by atoms with Gasteiger partial charge in [-0.3, -0.25) is 9.36 Å².